The van der Waals surface area contributed by atoms with Gasteiger partial charge in [-0.05, 0) is 54.1 Å². The molecule has 0 fully saturated rings. The van der Waals surface area contributed by atoms with Gasteiger partial charge in [0, 0.05) is 35.0 Å². The molecule has 2 heterocycles. The molecule has 4 nitrogen and oxygen atoms in total. The van der Waals surface area contributed by atoms with Crippen molar-refractivity contribution in [2.24, 2.45) is 7.05 Å². The van der Waals surface area contributed by atoms with Crippen molar-refractivity contribution in [1.82, 2.24) is 4.57 Å². The fourth-order valence-electron chi connectivity index (χ4n) is 1.97. The van der Waals surface area contributed by atoms with E-state index in [1.807, 2.05) is 43.7 Å². The largest absolute Gasteiger partial charge is 0.454 e. The molecule has 0 aromatic carbocycles. The van der Waals surface area contributed by atoms with E-state index in [2.05, 4.69) is 15.9 Å². The lowest BCUT2D eigenvalue weighted by Crippen LogP contribution is -2.13. The molecule has 0 saturated heterocycles. The summed E-state index contributed by atoms with van der Waals surface area (Å²) in [5, 5.41) is 0. The third-order valence-electron chi connectivity index (χ3n) is 3.40. The number of rotatable bonds is 5. The summed E-state index contributed by atoms with van der Waals surface area (Å²) in [6.45, 7) is 3.55. The van der Waals surface area contributed by atoms with Crippen LogP contribution in [0.2, 0.25) is 0 Å². The number of aromatic nitrogens is 1. The SMILES string of the molecule is Cc1cc(C(=O)COC(=O)/C=C/c2ccc(Br)s2)c(C)n1C. The predicted molar refractivity (Wildman–Crippen MR) is 91.2 cm³/mol. The molecule has 0 atom stereocenters. The fraction of sp³-hybridized carbons (Fsp3) is 0.250. The minimum Gasteiger partial charge on any atom is -0.454 e. The van der Waals surface area contributed by atoms with Gasteiger partial charge in [0.05, 0.1) is 3.79 Å². The van der Waals surface area contributed by atoms with Gasteiger partial charge in [-0.15, -0.1) is 11.3 Å². The van der Waals surface area contributed by atoms with Crippen LogP contribution in [0.25, 0.3) is 6.08 Å². The van der Waals surface area contributed by atoms with Crippen LogP contribution in [-0.4, -0.2) is 22.9 Å². The first-order valence-electron chi connectivity index (χ1n) is 6.64. The number of esters is 1. The Bertz CT molecular complexity index is 743. The molecule has 0 bridgehead atoms. The van der Waals surface area contributed by atoms with Gasteiger partial charge in [0.25, 0.3) is 0 Å². The van der Waals surface area contributed by atoms with Gasteiger partial charge in [-0.1, -0.05) is 0 Å². The third kappa shape index (κ3) is 3.96. The number of thiophene rings is 1. The molecule has 6 heteroatoms. The molecule has 0 N–H and O–H groups in total. The summed E-state index contributed by atoms with van der Waals surface area (Å²) >= 11 is 4.86. The maximum atomic E-state index is 12.1. The molecule has 0 amide bonds. The second-order valence-corrected chi connectivity index (χ2v) is 7.34. The minimum atomic E-state index is -0.525. The average Bonchev–Trinajstić information content (AvgIpc) is 3.01. The highest BCUT2D eigenvalue weighted by molar-refractivity contribution is 9.11. The average molecular weight is 382 g/mol. The van der Waals surface area contributed by atoms with E-state index in [1.165, 1.54) is 17.4 Å². The number of hydrogen-bond donors (Lipinski definition) is 0. The molecule has 0 saturated carbocycles. The van der Waals surface area contributed by atoms with E-state index in [4.69, 9.17) is 4.74 Å². The van der Waals surface area contributed by atoms with Gasteiger partial charge < -0.3 is 9.30 Å². The van der Waals surface area contributed by atoms with E-state index >= 15 is 0 Å². The molecule has 0 radical (unpaired) electrons. The van der Waals surface area contributed by atoms with Crippen LogP contribution in [0.3, 0.4) is 0 Å². The number of aryl methyl sites for hydroxylation is 1. The van der Waals surface area contributed by atoms with Crippen molar-refractivity contribution in [3.8, 4) is 0 Å². The van der Waals surface area contributed by atoms with Gasteiger partial charge in [-0.3, -0.25) is 4.79 Å². The quantitative estimate of drug-likeness (QED) is 0.448. The highest BCUT2D eigenvalue weighted by atomic mass is 79.9. The Hall–Kier alpha value is -1.66. The molecule has 0 aliphatic heterocycles. The predicted octanol–water partition coefficient (Wildman–Crippen LogP) is 3.91. The van der Waals surface area contributed by atoms with E-state index in [0.717, 1.165) is 20.1 Å². The summed E-state index contributed by atoms with van der Waals surface area (Å²) in [7, 11) is 1.90. The molecule has 2 aromatic rings. The number of carbonyl (C=O) groups is 2. The van der Waals surface area contributed by atoms with Gasteiger partial charge in [0.2, 0.25) is 5.78 Å². The van der Waals surface area contributed by atoms with Crippen LogP contribution in [0, 0.1) is 13.8 Å². The lowest BCUT2D eigenvalue weighted by atomic mass is 10.1. The van der Waals surface area contributed by atoms with Crippen molar-refractivity contribution in [3.63, 3.8) is 0 Å². The van der Waals surface area contributed by atoms with E-state index in [9.17, 15) is 9.59 Å². The lowest BCUT2D eigenvalue weighted by Gasteiger charge is -2.03. The van der Waals surface area contributed by atoms with Crippen molar-refractivity contribution in [2.75, 3.05) is 6.61 Å². The number of carbonyl (C=O) groups excluding carboxylic acids is 2. The van der Waals surface area contributed by atoms with Crippen LogP contribution in [0.15, 0.2) is 28.1 Å². The van der Waals surface area contributed by atoms with Gasteiger partial charge >= 0.3 is 5.97 Å². The number of ether oxygens (including phenoxy) is 1. The molecule has 2 aromatic heterocycles. The molecule has 22 heavy (non-hydrogen) atoms. The second-order valence-electron chi connectivity index (χ2n) is 4.85. The second kappa shape index (κ2) is 7.07. The highest BCUT2D eigenvalue weighted by Gasteiger charge is 2.15. The fourth-order valence-corrected chi connectivity index (χ4v) is 3.29. The van der Waals surface area contributed by atoms with E-state index in [-0.39, 0.29) is 12.4 Å². The van der Waals surface area contributed by atoms with Crippen molar-refractivity contribution in [2.45, 2.75) is 13.8 Å². The van der Waals surface area contributed by atoms with Gasteiger partial charge in [0.15, 0.2) is 6.61 Å². The van der Waals surface area contributed by atoms with Crippen LogP contribution in [0.4, 0.5) is 0 Å². The van der Waals surface area contributed by atoms with E-state index in [0.29, 0.717) is 5.56 Å². The van der Waals surface area contributed by atoms with E-state index < -0.39 is 5.97 Å². The van der Waals surface area contributed by atoms with Crippen molar-refractivity contribution >= 4 is 45.1 Å². The zero-order valence-electron chi connectivity index (χ0n) is 12.6. The van der Waals surface area contributed by atoms with E-state index in [1.54, 1.807) is 6.08 Å². The normalized spacial score (nSPS) is 11.1. The smallest absolute Gasteiger partial charge is 0.331 e. The number of halogens is 1. The Morgan fingerprint density at radius 2 is 2.09 bits per heavy atom. The van der Waals surface area contributed by atoms with Crippen LogP contribution in [0.5, 0.6) is 0 Å². The molecule has 2 rings (SSSR count). The standard InChI is InChI=1S/C16H16BrNO3S/c1-10-8-13(11(2)18(10)3)14(19)9-21-16(20)7-5-12-4-6-15(17)22-12/h4-8H,9H2,1-3H3/b7-5+. The summed E-state index contributed by atoms with van der Waals surface area (Å²) in [5.74, 6) is -0.718. The molecular weight excluding hydrogens is 366 g/mol. The Morgan fingerprint density at radius 3 is 2.64 bits per heavy atom. The first-order chi connectivity index (χ1) is 10.4. The number of hydrogen-bond acceptors (Lipinski definition) is 4. The summed E-state index contributed by atoms with van der Waals surface area (Å²) in [5.41, 5.74) is 2.46. The molecule has 0 aliphatic rings. The Balaban J connectivity index is 1.92. The molecule has 0 spiro atoms. The molecule has 116 valence electrons. The van der Waals surface area contributed by atoms with Crippen LogP contribution < -0.4 is 0 Å². The first-order valence-corrected chi connectivity index (χ1v) is 8.25. The van der Waals surface area contributed by atoms with Gasteiger partial charge in [0.1, 0.15) is 0 Å². The Labute approximate surface area is 141 Å². The van der Waals surface area contributed by atoms with Crippen LogP contribution in [0.1, 0.15) is 26.6 Å². The summed E-state index contributed by atoms with van der Waals surface area (Å²) in [6.07, 6.45) is 2.99. The van der Waals surface area contributed by atoms with Crippen LogP contribution in [-0.2, 0) is 16.6 Å². The third-order valence-corrected chi connectivity index (χ3v) is 4.99. The zero-order valence-corrected chi connectivity index (χ0v) is 15.0. The summed E-state index contributed by atoms with van der Waals surface area (Å²) in [6, 6.07) is 5.60. The number of nitrogens with zero attached hydrogens (tertiary/aromatic N) is 1. The molecule has 0 aliphatic carbocycles. The Kier molecular flexibility index (Phi) is 5.37. The molecule has 0 unspecified atom stereocenters. The number of Topliss-reactive ketones (excluding diaryl/α,β-unsaturated/α-hetero) is 1. The topological polar surface area (TPSA) is 48.3 Å². The maximum Gasteiger partial charge on any atom is 0.331 e. The number of ketones is 1. The minimum absolute atomic E-state index is 0.193. The Morgan fingerprint density at radius 1 is 1.36 bits per heavy atom. The lowest BCUT2D eigenvalue weighted by molar-refractivity contribution is -0.136. The molecular formula is C16H16BrNO3S. The summed E-state index contributed by atoms with van der Waals surface area (Å²) < 4.78 is 7.92. The van der Waals surface area contributed by atoms with Gasteiger partial charge in [-0.2, -0.15) is 0 Å². The van der Waals surface area contributed by atoms with Crippen molar-refractivity contribution in [1.29, 1.82) is 0 Å². The monoisotopic (exact) mass is 381 g/mol. The highest BCUT2D eigenvalue weighted by Crippen LogP contribution is 2.23. The van der Waals surface area contributed by atoms with Crippen LogP contribution >= 0.6 is 27.3 Å². The van der Waals surface area contributed by atoms with Crippen molar-refractivity contribution in [3.05, 3.63) is 49.9 Å². The summed E-state index contributed by atoms with van der Waals surface area (Å²) in [4.78, 5) is 24.7. The maximum absolute atomic E-state index is 12.1. The van der Waals surface area contributed by atoms with Gasteiger partial charge in [-0.25, -0.2) is 4.79 Å². The zero-order chi connectivity index (χ0) is 16.3. The van der Waals surface area contributed by atoms with Crippen molar-refractivity contribution < 1.29 is 14.3 Å². The first kappa shape index (κ1) is 16.7.